The van der Waals surface area contributed by atoms with Gasteiger partial charge in [-0.15, -0.1) is 0 Å². The molecule has 2 aromatic heterocycles. The molecule has 0 N–H and O–H groups in total. The first-order chi connectivity index (χ1) is 8.06. The number of hydrogen-bond acceptors (Lipinski definition) is 4. The van der Waals surface area contributed by atoms with E-state index in [4.69, 9.17) is 4.74 Å². The van der Waals surface area contributed by atoms with Gasteiger partial charge < -0.3 is 9.14 Å². The lowest BCUT2D eigenvalue weighted by Gasteiger charge is -2.06. The van der Waals surface area contributed by atoms with Crippen LogP contribution in [0.3, 0.4) is 0 Å². The highest BCUT2D eigenvalue weighted by Gasteiger charge is 2.05. The molecule has 6 heteroatoms. The average molecular weight is 254 g/mol. The molecule has 17 heavy (non-hydrogen) atoms. The van der Waals surface area contributed by atoms with E-state index >= 15 is 0 Å². The maximum absolute atomic E-state index is 10.9. The van der Waals surface area contributed by atoms with Crippen LogP contribution in [0, 0.1) is 0 Å². The summed E-state index contributed by atoms with van der Waals surface area (Å²) in [4.78, 5) is 4.17. The summed E-state index contributed by atoms with van der Waals surface area (Å²) in [6, 6.07) is 3.68. The predicted molar refractivity (Wildman–Crippen MR) is 65.0 cm³/mol. The standard InChI is InChI=1S/C11H14N2O3S/c1-17(14,15)9-3-8-16-10-4-2-6-13-7-5-12-11(10)13/h2,4-7H,3,8-9H2,1H3. The van der Waals surface area contributed by atoms with Gasteiger partial charge in [-0.1, -0.05) is 0 Å². The van der Waals surface area contributed by atoms with E-state index in [1.165, 1.54) is 6.26 Å². The molecule has 0 aliphatic carbocycles. The maximum Gasteiger partial charge on any atom is 0.179 e. The molecule has 0 atom stereocenters. The van der Waals surface area contributed by atoms with E-state index in [9.17, 15) is 8.42 Å². The zero-order valence-electron chi connectivity index (χ0n) is 9.54. The second kappa shape index (κ2) is 4.75. The van der Waals surface area contributed by atoms with E-state index < -0.39 is 9.84 Å². The van der Waals surface area contributed by atoms with Crippen molar-refractivity contribution < 1.29 is 13.2 Å². The van der Waals surface area contributed by atoms with Gasteiger partial charge in [-0.25, -0.2) is 13.4 Å². The van der Waals surface area contributed by atoms with E-state index in [-0.39, 0.29) is 5.75 Å². The Hall–Kier alpha value is -1.56. The molecule has 5 nitrogen and oxygen atoms in total. The lowest BCUT2D eigenvalue weighted by atomic mass is 10.4. The van der Waals surface area contributed by atoms with Crippen LogP contribution >= 0.6 is 0 Å². The van der Waals surface area contributed by atoms with Crippen molar-refractivity contribution in [1.82, 2.24) is 9.38 Å². The van der Waals surface area contributed by atoms with Crippen LogP contribution in [0.25, 0.3) is 5.65 Å². The number of rotatable bonds is 5. The van der Waals surface area contributed by atoms with Crippen molar-refractivity contribution in [1.29, 1.82) is 0 Å². The van der Waals surface area contributed by atoms with Crippen LogP contribution in [0.1, 0.15) is 6.42 Å². The molecule has 2 rings (SSSR count). The van der Waals surface area contributed by atoms with Crippen LogP contribution in [0.5, 0.6) is 5.75 Å². The van der Waals surface area contributed by atoms with Gasteiger partial charge in [0, 0.05) is 24.8 Å². The Morgan fingerprint density at radius 1 is 1.41 bits per heavy atom. The summed E-state index contributed by atoms with van der Waals surface area (Å²) in [7, 11) is -2.91. The number of nitrogens with zero attached hydrogens (tertiary/aromatic N) is 2. The maximum atomic E-state index is 10.9. The van der Waals surface area contributed by atoms with Gasteiger partial charge in [0.05, 0.1) is 12.4 Å². The largest absolute Gasteiger partial charge is 0.490 e. The number of imidazole rings is 1. The lowest BCUT2D eigenvalue weighted by Crippen LogP contribution is -2.08. The first-order valence-corrected chi connectivity index (χ1v) is 7.34. The summed E-state index contributed by atoms with van der Waals surface area (Å²) >= 11 is 0. The highest BCUT2D eigenvalue weighted by molar-refractivity contribution is 7.90. The minimum Gasteiger partial charge on any atom is -0.490 e. The van der Waals surface area contributed by atoms with Crippen LogP contribution < -0.4 is 4.74 Å². The summed E-state index contributed by atoms with van der Waals surface area (Å²) in [6.45, 7) is 0.375. The Morgan fingerprint density at radius 3 is 3.00 bits per heavy atom. The van der Waals surface area contributed by atoms with Crippen molar-refractivity contribution in [3.05, 3.63) is 30.7 Å². The number of sulfone groups is 1. The smallest absolute Gasteiger partial charge is 0.179 e. The van der Waals surface area contributed by atoms with E-state index in [0.29, 0.717) is 18.8 Å². The summed E-state index contributed by atoms with van der Waals surface area (Å²) in [5, 5.41) is 0. The summed E-state index contributed by atoms with van der Waals surface area (Å²) < 4.78 is 29.3. The Morgan fingerprint density at radius 2 is 2.24 bits per heavy atom. The molecule has 0 aliphatic heterocycles. The second-order valence-corrected chi connectivity index (χ2v) is 6.12. The molecule has 0 unspecified atom stereocenters. The first kappa shape index (κ1) is 11.9. The number of pyridine rings is 1. The van der Waals surface area contributed by atoms with Crippen LogP contribution in [0.2, 0.25) is 0 Å². The van der Waals surface area contributed by atoms with Crippen LogP contribution in [0.4, 0.5) is 0 Å². The van der Waals surface area contributed by atoms with Gasteiger partial charge in [0.2, 0.25) is 0 Å². The molecular weight excluding hydrogens is 240 g/mol. The van der Waals surface area contributed by atoms with Crippen molar-refractivity contribution in [2.24, 2.45) is 0 Å². The van der Waals surface area contributed by atoms with E-state index in [0.717, 1.165) is 5.65 Å². The molecule has 0 radical (unpaired) electrons. The van der Waals surface area contributed by atoms with Crippen molar-refractivity contribution in [3.8, 4) is 5.75 Å². The third-order valence-corrected chi connectivity index (χ3v) is 3.33. The van der Waals surface area contributed by atoms with Crippen LogP contribution in [-0.2, 0) is 9.84 Å². The predicted octanol–water partition coefficient (Wildman–Crippen LogP) is 1.15. The summed E-state index contributed by atoms with van der Waals surface area (Å²) in [5.74, 6) is 0.816. The third kappa shape index (κ3) is 3.20. The monoisotopic (exact) mass is 254 g/mol. The van der Waals surface area contributed by atoms with Gasteiger partial charge in [0.15, 0.2) is 11.4 Å². The van der Waals surface area contributed by atoms with Gasteiger partial charge >= 0.3 is 0 Å². The summed E-state index contributed by atoms with van der Waals surface area (Å²) in [6.07, 6.45) is 7.12. The van der Waals surface area contributed by atoms with Gasteiger partial charge in [0.1, 0.15) is 9.84 Å². The highest BCUT2D eigenvalue weighted by Crippen LogP contribution is 2.17. The molecule has 0 fully saturated rings. The number of ether oxygens (including phenoxy) is 1. The minimum atomic E-state index is -2.91. The molecule has 0 saturated heterocycles. The Kier molecular flexibility index (Phi) is 3.33. The Balaban J connectivity index is 1.97. The van der Waals surface area contributed by atoms with Crippen molar-refractivity contribution in [3.63, 3.8) is 0 Å². The SMILES string of the molecule is CS(=O)(=O)CCCOc1cccn2ccnc12. The molecule has 0 spiro atoms. The van der Waals surface area contributed by atoms with E-state index in [1.54, 1.807) is 6.20 Å². The molecule has 2 aromatic rings. The Bertz CT molecular complexity index is 604. The average Bonchev–Trinajstić information content (AvgIpc) is 2.71. The van der Waals surface area contributed by atoms with Gasteiger partial charge in [-0.2, -0.15) is 0 Å². The van der Waals surface area contributed by atoms with Gasteiger partial charge in [-0.3, -0.25) is 0 Å². The highest BCUT2D eigenvalue weighted by atomic mass is 32.2. The first-order valence-electron chi connectivity index (χ1n) is 5.28. The topological polar surface area (TPSA) is 60.7 Å². The Labute approximate surface area is 100.0 Å². The molecule has 0 saturated carbocycles. The van der Waals surface area contributed by atoms with Crippen molar-refractivity contribution in [2.45, 2.75) is 6.42 Å². The molecular formula is C11H14N2O3S. The fourth-order valence-electron chi connectivity index (χ4n) is 1.54. The van der Waals surface area contributed by atoms with Crippen LogP contribution in [0.15, 0.2) is 30.7 Å². The van der Waals surface area contributed by atoms with Crippen molar-refractivity contribution >= 4 is 15.5 Å². The van der Waals surface area contributed by atoms with Gasteiger partial charge in [0.25, 0.3) is 0 Å². The lowest BCUT2D eigenvalue weighted by molar-refractivity contribution is 0.319. The van der Waals surface area contributed by atoms with E-state index in [1.807, 2.05) is 28.9 Å². The second-order valence-electron chi connectivity index (χ2n) is 3.86. The molecule has 0 aromatic carbocycles. The fraction of sp³-hybridized carbons (Fsp3) is 0.364. The summed E-state index contributed by atoms with van der Waals surface area (Å²) in [5.41, 5.74) is 0.742. The molecule has 0 bridgehead atoms. The number of hydrogen-bond donors (Lipinski definition) is 0. The molecule has 92 valence electrons. The quantitative estimate of drug-likeness (QED) is 0.751. The fourth-order valence-corrected chi connectivity index (χ4v) is 2.18. The molecule has 2 heterocycles. The number of aromatic nitrogens is 2. The third-order valence-electron chi connectivity index (χ3n) is 2.30. The normalized spacial score (nSPS) is 11.8. The number of fused-ring (bicyclic) bond motifs is 1. The van der Waals surface area contributed by atoms with Crippen molar-refractivity contribution in [2.75, 3.05) is 18.6 Å². The van der Waals surface area contributed by atoms with E-state index in [2.05, 4.69) is 4.98 Å². The zero-order chi connectivity index (χ0) is 12.3. The van der Waals surface area contributed by atoms with Crippen LogP contribution in [-0.4, -0.2) is 36.4 Å². The molecule has 0 amide bonds. The zero-order valence-corrected chi connectivity index (χ0v) is 10.4. The van der Waals surface area contributed by atoms with Gasteiger partial charge in [-0.05, 0) is 18.6 Å². The minimum absolute atomic E-state index is 0.143. The molecule has 0 aliphatic rings.